The summed E-state index contributed by atoms with van der Waals surface area (Å²) < 4.78 is 8.82. The van der Waals surface area contributed by atoms with E-state index in [0.29, 0.717) is 0 Å². The summed E-state index contributed by atoms with van der Waals surface area (Å²) in [7, 11) is 0. The van der Waals surface area contributed by atoms with Gasteiger partial charge in [-0.05, 0) is 34.4 Å². The number of fused-ring (bicyclic) bond motifs is 1. The maximum absolute atomic E-state index is 4.94. The summed E-state index contributed by atoms with van der Waals surface area (Å²) in [5.41, 5.74) is 9.52. The van der Waals surface area contributed by atoms with Gasteiger partial charge in [-0.25, -0.2) is 14.1 Å². The maximum atomic E-state index is 4.94. The van der Waals surface area contributed by atoms with Gasteiger partial charge >= 0.3 is 0 Å². The number of hydrogen-bond acceptors (Lipinski definition) is 1. The van der Waals surface area contributed by atoms with E-state index in [-0.39, 0.29) is 0 Å². The normalized spacial score (nSPS) is 12.6. The number of rotatable bonds is 0. The number of aromatic nitrogens is 5. The van der Waals surface area contributed by atoms with Gasteiger partial charge in [-0.3, -0.25) is 0 Å². The Labute approximate surface area is 234 Å². The molecule has 1 aromatic carbocycles. The summed E-state index contributed by atoms with van der Waals surface area (Å²) in [5, 5.41) is 0. The predicted octanol–water partition coefficient (Wildman–Crippen LogP) is 4.07. The fourth-order valence-corrected chi connectivity index (χ4v) is 5.27. The Morgan fingerprint density at radius 3 is 0.975 bits per heavy atom. The molecule has 0 spiro atoms. The Bertz CT molecular complexity index is 1610. The van der Waals surface area contributed by atoms with Gasteiger partial charge in [0.25, 0.3) is 0 Å². The topological polar surface area (TPSA) is 28.4 Å². The fourth-order valence-electron chi connectivity index (χ4n) is 5.27. The van der Waals surface area contributed by atoms with Crippen molar-refractivity contribution in [3.8, 4) is 22.3 Å². The van der Waals surface area contributed by atoms with Crippen LogP contribution in [0.2, 0.25) is 0 Å². The van der Waals surface area contributed by atoms with Crippen LogP contribution in [0.3, 0.4) is 0 Å². The minimum atomic E-state index is 0.735. The highest BCUT2D eigenvalue weighted by Crippen LogP contribution is 2.17. The van der Waals surface area contributed by atoms with Crippen LogP contribution in [0.4, 0.5) is 0 Å². The molecule has 13 heterocycles. The van der Waals surface area contributed by atoms with E-state index in [4.69, 9.17) is 4.98 Å². The van der Waals surface area contributed by atoms with E-state index in [9.17, 15) is 0 Å². The van der Waals surface area contributed by atoms with Crippen molar-refractivity contribution in [3.05, 3.63) is 163 Å². The summed E-state index contributed by atoms with van der Waals surface area (Å²) in [6.45, 7) is 3.17. The molecular formula is C35H31N5+4. The summed E-state index contributed by atoms with van der Waals surface area (Å²) in [6.07, 6.45) is 17.2. The first-order chi connectivity index (χ1) is 19.7. The summed E-state index contributed by atoms with van der Waals surface area (Å²) >= 11 is 0. The second kappa shape index (κ2) is 10.6. The Hall–Kier alpha value is -5.03. The Morgan fingerprint density at radius 1 is 0.350 bits per heavy atom. The van der Waals surface area contributed by atoms with Crippen LogP contribution in [0.25, 0.3) is 22.3 Å². The van der Waals surface area contributed by atoms with Gasteiger partial charge < -0.3 is 0 Å². The maximum Gasteiger partial charge on any atom is 0.190 e. The lowest BCUT2D eigenvalue weighted by molar-refractivity contribution is -0.690. The zero-order valence-electron chi connectivity index (χ0n) is 22.3. The lowest BCUT2D eigenvalue weighted by Gasteiger charge is -2.03. The van der Waals surface area contributed by atoms with Gasteiger partial charge in [-0.2, -0.15) is 9.13 Å². The van der Waals surface area contributed by atoms with Crippen LogP contribution in [0.5, 0.6) is 0 Å². The van der Waals surface area contributed by atoms with Crippen LogP contribution in [-0.4, -0.2) is 4.98 Å². The highest BCUT2D eigenvalue weighted by atomic mass is 15.0. The molecule has 0 saturated heterocycles. The first-order valence-corrected chi connectivity index (χ1v) is 13.7. The van der Waals surface area contributed by atoms with Crippen molar-refractivity contribution in [2.24, 2.45) is 0 Å². The lowest BCUT2D eigenvalue weighted by Crippen LogP contribution is -2.35. The molecule has 0 unspecified atom stereocenters. The Morgan fingerprint density at radius 2 is 0.650 bits per heavy atom. The minimum absolute atomic E-state index is 0.735. The summed E-state index contributed by atoms with van der Waals surface area (Å²) in [6, 6.07) is 32.7. The van der Waals surface area contributed by atoms with E-state index in [2.05, 4.69) is 159 Å². The largest absolute Gasteiger partial charge is 0.244 e. The number of benzene rings is 1. The van der Waals surface area contributed by atoms with Crippen molar-refractivity contribution in [1.82, 2.24) is 4.98 Å². The zero-order chi connectivity index (χ0) is 26.7. The van der Waals surface area contributed by atoms with Crippen molar-refractivity contribution >= 4 is 0 Å². The van der Waals surface area contributed by atoms with Gasteiger partial charge in [0, 0.05) is 59.7 Å². The van der Waals surface area contributed by atoms with Gasteiger partial charge in [0.15, 0.2) is 75.8 Å². The third kappa shape index (κ3) is 5.40. The predicted molar refractivity (Wildman–Crippen MR) is 152 cm³/mol. The molecule has 0 saturated carbocycles. The van der Waals surface area contributed by atoms with Crippen molar-refractivity contribution < 1.29 is 18.3 Å². The number of hydrogen-bond donors (Lipinski definition) is 0. The molecule has 8 aliphatic rings. The lowest BCUT2D eigenvalue weighted by atomic mass is 10.1. The van der Waals surface area contributed by atoms with Crippen LogP contribution >= 0.6 is 0 Å². The molecule has 8 aliphatic heterocycles. The molecule has 5 nitrogen and oxygen atoms in total. The Balaban J connectivity index is 1.22. The molecule has 6 aromatic rings. The van der Waals surface area contributed by atoms with E-state index in [1.54, 1.807) is 0 Å². The third-order valence-electron chi connectivity index (χ3n) is 7.54. The molecule has 0 amide bonds. The fraction of sp³-hybridized carbons (Fsp3) is 0.114. The van der Waals surface area contributed by atoms with Crippen molar-refractivity contribution in [2.45, 2.75) is 26.2 Å². The molecule has 0 aliphatic carbocycles. The summed E-state index contributed by atoms with van der Waals surface area (Å²) in [4.78, 5) is 4.94. The van der Waals surface area contributed by atoms with Gasteiger partial charge in [0.05, 0.1) is 0 Å². The monoisotopic (exact) mass is 521 g/mol. The van der Waals surface area contributed by atoms with Crippen LogP contribution in [0, 0.1) is 0 Å². The minimum Gasteiger partial charge on any atom is -0.244 e. The zero-order valence-corrected chi connectivity index (χ0v) is 22.3. The van der Waals surface area contributed by atoms with E-state index in [1.165, 1.54) is 33.4 Å². The van der Waals surface area contributed by atoms with E-state index in [1.807, 2.05) is 0 Å². The molecule has 40 heavy (non-hydrogen) atoms. The second-order valence-corrected chi connectivity index (χ2v) is 10.5. The van der Waals surface area contributed by atoms with Gasteiger partial charge in [0.1, 0.15) is 11.4 Å². The van der Waals surface area contributed by atoms with Crippen molar-refractivity contribution in [1.29, 1.82) is 0 Å². The highest BCUT2D eigenvalue weighted by Gasteiger charge is 2.12. The third-order valence-corrected chi connectivity index (χ3v) is 7.54. The first-order valence-electron chi connectivity index (χ1n) is 13.7. The van der Waals surface area contributed by atoms with E-state index in [0.717, 1.165) is 37.6 Å². The smallest absolute Gasteiger partial charge is 0.190 e. The average Bonchev–Trinajstić information content (AvgIpc) is 3.00. The first kappa shape index (κ1) is 24.0. The van der Waals surface area contributed by atoms with Gasteiger partial charge in [0.2, 0.25) is 0 Å². The molecule has 12 bridgehead atoms. The van der Waals surface area contributed by atoms with Crippen LogP contribution < -0.4 is 18.3 Å². The standard InChI is InChI=1S/C35H31N5/c1-2-34-26-39-20-12-32(13-21-39)30-8-16-37(17-9-30)24-28-4-6-29(7-5-28)25-38-18-10-31(11-19-38)33-14-22-40(23-15-33)27-35(3-1)36-34/h1-23H,24-27H2/q+4. The molecular weight excluding hydrogens is 490 g/mol. The molecule has 0 fully saturated rings. The number of nitrogens with zero attached hydrogens (tertiary/aromatic N) is 5. The molecule has 0 atom stereocenters. The van der Waals surface area contributed by atoms with Crippen LogP contribution in [-0.2, 0) is 26.2 Å². The number of pyridine rings is 5. The second-order valence-electron chi connectivity index (χ2n) is 10.5. The molecule has 192 valence electrons. The average molecular weight is 522 g/mol. The van der Waals surface area contributed by atoms with Crippen LogP contribution in [0.1, 0.15) is 22.5 Å². The molecule has 5 heteroatoms. The summed E-state index contributed by atoms with van der Waals surface area (Å²) in [5.74, 6) is 0. The molecule has 14 rings (SSSR count). The van der Waals surface area contributed by atoms with E-state index >= 15 is 0 Å². The molecule has 0 radical (unpaired) electrons. The molecule has 0 N–H and O–H groups in total. The van der Waals surface area contributed by atoms with Crippen molar-refractivity contribution in [3.63, 3.8) is 0 Å². The van der Waals surface area contributed by atoms with Gasteiger partial charge in [-0.1, -0.05) is 30.3 Å². The van der Waals surface area contributed by atoms with Gasteiger partial charge in [-0.15, -0.1) is 0 Å². The SMILES string of the molecule is c1cc2nc(c1)C[n+]1ccc(cc1)-c1cc[n+](cc1)Cc1ccc(cc1)C[n+]1ccc(cc1)-c1cc[n+](cc1)C2. The molecule has 5 aromatic heterocycles. The Kier molecular flexibility index (Phi) is 6.38. The van der Waals surface area contributed by atoms with Crippen molar-refractivity contribution in [2.75, 3.05) is 0 Å². The quantitative estimate of drug-likeness (QED) is 0.277. The van der Waals surface area contributed by atoms with E-state index < -0.39 is 0 Å². The van der Waals surface area contributed by atoms with Crippen LogP contribution in [0.15, 0.2) is 141 Å². The highest BCUT2D eigenvalue weighted by molar-refractivity contribution is 5.61.